The zero-order valence-electron chi connectivity index (χ0n) is 15.9. The molecule has 1 N–H and O–H groups in total. The van der Waals surface area contributed by atoms with Gasteiger partial charge < -0.3 is 19.4 Å². The number of nitrogens with zero attached hydrogens (tertiary/aromatic N) is 1. The van der Waals surface area contributed by atoms with E-state index in [2.05, 4.69) is 5.32 Å². The molecule has 0 fully saturated rings. The van der Waals surface area contributed by atoms with Gasteiger partial charge in [-0.2, -0.15) is 0 Å². The Morgan fingerprint density at radius 1 is 1.18 bits per heavy atom. The van der Waals surface area contributed by atoms with Crippen molar-refractivity contribution in [2.75, 3.05) is 19.0 Å². The third kappa shape index (κ3) is 3.97. The standard InChI is InChI=1S/C21H21ClN2O4/c1-4-24-17-8-6-5-7-14(17)18(11-21(24)26)28-12-20(25)23-16-9-13(2)15(22)10-19(16)27-3/h5-11H,4,12H2,1-3H3,(H,23,25). The number of ether oxygens (including phenoxy) is 2. The molecule has 1 aromatic heterocycles. The fraction of sp³-hybridized carbons (Fsp3) is 0.238. The third-order valence-electron chi connectivity index (χ3n) is 4.41. The molecule has 1 heterocycles. The number of nitrogens with one attached hydrogen (secondary N) is 1. The predicted octanol–water partition coefficient (Wildman–Crippen LogP) is 4.01. The van der Waals surface area contributed by atoms with Crippen molar-refractivity contribution in [2.24, 2.45) is 0 Å². The first-order valence-electron chi connectivity index (χ1n) is 8.84. The molecule has 0 atom stereocenters. The molecule has 0 spiro atoms. The summed E-state index contributed by atoms with van der Waals surface area (Å²) >= 11 is 6.09. The Morgan fingerprint density at radius 2 is 1.93 bits per heavy atom. The molecule has 0 bridgehead atoms. The van der Waals surface area contributed by atoms with Crippen LogP contribution in [0.25, 0.3) is 10.9 Å². The van der Waals surface area contributed by atoms with Crippen LogP contribution in [-0.2, 0) is 11.3 Å². The average Bonchev–Trinajstić information content (AvgIpc) is 2.68. The van der Waals surface area contributed by atoms with Crippen molar-refractivity contribution in [3.63, 3.8) is 0 Å². The van der Waals surface area contributed by atoms with Gasteiger partial charge in [0.2, 0.25) is 0 Å². The number of amides is 1. The maximum absolute atomic E-state index is 12.4. The van der Waals surface area contributed by atoms with Gasteiger partial charge in [0.05, 0.1) is 18.3 Å². The molecule has 0 aliphatic carbocycles. The Hall–Kier alpha value is -2.99. The summed E-state index contributed by atoms with van der Waals surface area (Å²) in [6.07, 6.45) is 0. The SMILES string of the molecule is CCn1c(=O)cc(OCC(=O)Nc2cc(C)c(Cl)cc2OC)c2ccccc21. The van der Waals surface area contributed by atoms with E-state index in [1.54, 1.807) is 16.7 Å². The van der Waals surface area contributed by atoms with Crippen molar-refractivity contribution in [1.29, 1.82) is 0 Å². The van der Waals surface area contributed by atoms with Crippen LogP contribution in [0.3, 0.4) is 0 Å². The lowest BCUT2D eigenvalue weighted by molar-refractivity contribution is -0.118. The second-order valence-corrected chi connectivity index (χ2v) is 6.65. The molecule has 146 valence electrons. The van der Waals surface area contributed by atoms with Crippen LogP contribution in [0.15, 0.2) is 47.3 Å². The van der Waals surface area contributed by atoms with Gasteiger partial charge in [0.25, 0.3) is 11.5 Å². The Morgan fingerprint density at radius 3 is 2.64 bits per heavy atom. The fourth-order valence-corrected chi connectivity index (χ4v) is 3.16. The molecule has 0 aliphatic heterocycles. The maximum atomic E-state index is 12.4. The van der Waals surface area contributed by atoms with Gasteiger partial charge >= 0.3 is 0 Å². The number of methoxy groups -OCH3 is 1. The number of pyridine rings is 1. The number of aryl methyl sites for hydroxylation is 2. The van der Waals surface area contributed by atoms with Gasteiger partial charge in [-0.05, 0) is 37.6 Å². The molecule has 6 nitrogen and oxygen atoms in total. The first-order chi connectivity index (χ1) is 13.4. The van der Waals surface area contributed by atoms with Crippen molar-refractivity contribution in [3.05, 3.63) is 63.4 Å². The number of hydrogen-bond acceptors (Lipinski definition) is 4. The summed E-state index contributed by atoms with van der Waals surface area (Å²) in [5.74, 6) is 0.461. The summed E-state index contributed by atoms with van der Waals surface area (Å²) in [5.41, 5.74) is 1.91. The van der Waals surface area contributed by atoms with Crippen LogP contribution in [0.1, 0.15) is 12.5 Å². The number of para-hydroxylation sites is 1. The fourth-order valence-electron chi connectivity index (χ4n) is 3.01. The van der Waals surface area contributed by atoms with Crippen molar-refractivity contribution in [3.8, 4) is 11.5 Å². The van der Waals surface area contributed by atoms with Gasteiger partial charge in [0, 0.05) is 29.1 Å². The van der Waals surface area contributed by atoms with Crippen LogP contribution in [0.4, 0.5) is 5.69 Å². The lowest BCUT2D eigenvalue weighted by atomic mass is 10.2. The molecule has 7 heteroatoms. The number of fused-ring (bicyclic) bond motifs is 1. The van der Waals surface area contributed by atoms with Gasteiger partial charge in [0.15, 0.2) is 6.61 Å². The van der Waals surface area contributed by atoms with E-state index < -0.39 is 0 Å². The minimum absolute atomic E-state index is 0.174. The Bertz CT molecular complexity index is 1090. The summed E-state index contributed by atoms with van der Waals surface area (Å²) in [5, 5.41) is 4.08. The average molecular weight is 401 g/mol. The monoisotopic (exact) mass is 400 g/mol. The summed E-state index contributed by atoms with van der Waals surface area (Å²) in [6.45, 7) is 4.05. The Labute approximate surface area is 167 Å². The number of anilines is 1. The lowest BCUT2D eigenvalue weighted by Gasteiger charge is -2.14. The molecular weight excluding hydrogens is 380 g/mol. The quantitative estimate of drug-likeness (QED) is 0.678. The summed E-state index contributed by atoms with van der Waals surface area (Å²) < 4.78 is 12.6. The minimum atomic E-state index is -0.372. The van der Waals surface area contributed by atoms with Crippen LogP contribution in [-0.4, -0.2) is 24.2 Å². The third-order valence-corrected chi connectivity index (χ3v) is 4.82. The van der Waals surface area contributed by atoms with Crippen LogP contribution in [0.5, 0.6) is 11.5 Å². The molecule has 0 saturated heterocycles. The molecule has 2 aromatic carbocycles. The van der Waals surface area contributed by atoms with E-state index in [4.69, 9.17) is 21.1 Å². The number of carbonyl (C=O) groups excluding carboxylic acids is 1. The molecular formula is C21H21ClN2O4. The van der Waals surface area contributed by atoms with E-state index in [0.29, 0.717) is 28.8 Å². The van der Waals surface area contributed by atoms with Gasteiger partial charge in [0.1, 0.15) is 11.5 Å². The van der Waals surface area contributed by atoms with Crippen LogP contribution < -0.4 is 20.3 Å². The second-order valence-electron chi connectivity index (χ2n) is 6.25. The van der Waals surface area contributed by atoms with E-state index in [9.17, 15) is 9.59 Å². The highest BCUT2D eigenvalue weighted by Crippen LogP contribution is 2.31. The molecule has 0 saturated carbocycles. The number of benzene rings is 2. The number of hydrogen-bond donors (Lipinski definition) is 1. The predicted molar refractivity (Wildman–Crippen MR) is 111 cm³/mol. The van der Waals surface area contributed by atoms with E-state index in [0.717, 1.165) is 16.5 Å². The molecule has 0 aliphatic rings. The van der Waals surface area contributed by atoms with E-state index >= 15 is 0 Å². The Balaban J connectivity index is 1.81. The van der Waals surface area contributed by atoms with Crippen LogP contribution in [0.2, 0.25) is 5.02 Å². The van der Waals surface area contributed by atoms with Crippen molar-refractivity contribution >= 4 is 34.1 Å². The van der Waals surface area contributed by atoms with Gasteiger partial charge in [-0.25, -0.2) is 0 Å². The van der Waals surface area contributed by atoms with Crippen molar-refractivity contribution in [2.45, 2.75) is 20.4 Å². The summed E-state index contributed by atoms with van der Waals surface area (Å²) in [7, 11) is 1.50. The van der Waals surface area contributed by atoms with Gasteiger partial charge in [-0.3, -0.25) is 9.59 Å². The minimum Gasteiger partial charge on any atom is -0.495 e. The van der Waals surface area contributed by atoms with Crippen molar-refractivity contribution < 1.29 is 14.3 Å². The molecule has 1 amide bonds. The van der Waals surface area contributed by atoms with E-state index in [-0.39, 0.29) is 18.1 Å². The zero-order valence-corrected chi connectivity index (χ0v) is 16.7. The van der Waals surface area contributed by atoms with Crippen LogP contribution >= 0.6 is 11.6 Å². The highest BCUT2D eigenvalue weighted by Gasteiger charge is 2.13. The topological polar surface area (TPSA) is 69.6 Å². The molecule has 0 radical (unpaired) electrons. The van der Waals surface area contributed by atoms with Gasteiger partial charge in [-0.15, -0.1) is 0 Å². The number of aromatic nitrogens is 1. The van der Waals surface area contributed by atoms with Crippen LogP contribution in [0, 0.1) is 6.92 Å². The summed E-state index contributed by atoms with van der Waals surface area (Å²) in [4.78, 5) is 24.7. The van der Waals surface area contributed by atoms with Crippen molar-refractivity contribution in [1.82, 2.24) is 4.57 Å². The first-order valence-corrected chi connectivity index (χ1v) is 9.21. The molecule has 28 heavy (non-hydrogen) atoms. The number of rotatable bonds is 6. The second kappa shape index (κ2) is 8.35. The van der Waals surface area contributed by atoms with E-state index in [1.807, 2.05) is 38.1 Å². The largest absolute Gasteiger partial charge is 0.495 e. The highest BCUT2D eigenvalue weighted by molar-refractivity contribution is 6.31. The first kappa shape index (κ1) is 19.8. The van der Waals surface area contributed by atoms with E-state index in [1.165, 1.54) is 13.2 Å². The normalized spacial score (nSPS) is 10.7. The summed E-state index contributed by atoms with van der Waals surface area (Å²) in [6, 6.07) is 12.2. The lowest BCUT2D eigenvalue weighted by Crippen LogP contribution is -2.23. The maximum Gasteiger partial charge on any atom is 0.262 e. The Kier molecular flexibility index (Phi) is 5.90. The van der Waals surface area contributed by atoms with Gasteiger partial charge in [-0.1, -0.05) is 23.7 Å². The molecule has 3 rings (SSSR count). The highest BCUT2D eigenvalue weighted by atomic mass is 35.5. The molecule has 0 unspecified atom stereocenters. The zero-order chi connectivity index (χ0) is 20.3. The molecule has 3 aromatic rings. The number of carbonyl (C=O) groups is 1. The number of halogens is 1. The smallest absolute Gasteiger partial charge is 0.262 e.